The lowest BCUT2D eigenvalue weighted by atomic mass is 9.93. The van der Waals surface area contributed by atoms with Crippen molar-refractivity contribution in [2.24, 2.45) is 0 Å². The van der Waals surface area contributed by atoms with Gasteiger partial charge < -0.3 is 24.1 Å². The molecule has 0 spiro atoms. The third kappa shape index (κ3) is 8.39. The quantitative estimate of drug-likeness (QED) is 0.0431. The average molecular weight is 851 g/mol. The molecule has 1 aliphatic heterocycles. The summed E-state index contributed by atoms with van der Waals surface area (Å²) >= 11 is 3.34. The number of thioether (sulfide) groups is 2. The van der Waals surface area contributed by atoms with Gasteiger partial charge in [0.1, 0.15) is 33.0 Å². The van der Waals surface area contributed by atoms with Gasteiger partial charge in [0.15, 0.2) is 5.88 Å². The number of anilines is 2. The Labute approximate surface area is 358 Å². The normalized spacial score (nSPS) is 12.2. The zero-order valence-corrected chi connectivity index (χ0v) is 35.9. The van der Waals surface area contributed by atoms with Crippen molar-refractivity contribution in [2.75, 3.05) is 16.7 Å². The van der Waals surface area contributed by atoms with Crippen LogP contribution in [0.5, 0.6) is 11.5 Å². The molecule has 0 saturated carbocycles. The zero-order valence-electron chi connectivity index (χ0n) is 33.4. The van der Waals surface area contributed by atoms with Crippen molar-refractivity contribution < 1.29 is 27.6 Å². The van der Waals surface area contributed by atoms with Gasteiger partial charge in [-0.1, -0.05) is 66.4 Å². The number of fused-ring (bicyclic) bond motifs is 2. The number of phenolic OH excluding ortho intramolecular Hbond substituents is 2. The summed E-state index contributed by atoms with van der Waals surface area (Å²) in [5, 5.41) is 22.4. The molecule has 0 unspecified atom stereocenters. The van der Waals surface area contributed by atoms with Crippen LogP contribution in [0.2, 0.25) is 0 Å². The Balaban J connectivity index is 1.40. The van der Waals surface area contributed by atoms with Gasteiger partial charge in [-0.15, -0.1) is 11.8 Å². The van der Waals surface area contributed by atoms with Gasteiger partial charge in [0, 0.05) is 66.5 Å². The lowest BCUT2D eigenvalue weighted by Gasteiger charge is -2.29. The molecule has 0 saturated heterocycles. The molecular formula is C49H42N2O6S3. The minimum absolute atomic E-state index is 0.186. The Bertz CT molecular complexity index is 2990. The second-order valence-electron chi connectivity index (χ2n) is 14.7. The highest BCUT2D eigenvalue weighted by molar-refractivity contribution is 7.99. The molecule has 0 fully saturated rings. The van der Waals surface area contributed by atoms with Crippen molar-refractivity contribution in [3.8, 4) is 33.9 Å². The van der Waals surface area contributed by atoms with Crippen LogP contribution in [0.25, 0.3) is 33.4 Å². The Hall–Kier alpha value is -5.98. The standard InChI is InChI=1S/C49H42N2O6S3/c1-31-23-37(52)24-32(2)48(31)50(29-58-39-13-7-5-8-14-39)35-19-21-41-44(27-35)57-45-28-36(20-22-42(45)47(41)43-17-11-12-18-46(43)60(54,55)56)51(30-59-40-15-9-6-10-16-40)49-33(3)25-38(53)26-34(49)4/h5-28H,29-30H2,1-4H3,(H2-,52,53,54,55,56). The van der Waals surface area contributed by atoms with Crippen LogP contribution in [0.3, 0.4) is 0 Å². The second kappa shape index (κ2) is 16.9. The number of hydrogen-bond donors (Lipinski definition) is 2. The molecule has 0 atom stereocenters. The molecule has 6 aromatic carbocycles. The van der Waals surface area contributed by atoms with E-state index in [2.05, 4.69) is 33.7 Å². The van der Waals surface area contributed by atoms with E-state index >= 15 is 0 Å². The van der Waals surface area contributed by atoms with E-state index in [9.17, 15) is 23.2 Å². The maximum Gasteiger partial charge on any atom is 0.212 e. The van der Waals surface area contributed by atoms with Crippen LogP contribution in [-0.2, 0) is 10.1 Å². The summed E-state index contributed by atoms with van der Waals surface area (Å²) in [6, 6.07) is 45.2. The number of benzene rings is 7. The predicted octanol–water partition coefficient (Wildman–Crippen LogP) is 11.5. The molecule has 2 aliphatic rings. The van der Waals surface area contributed by atoms with E-state index < -0.39 is 10.1 Å². The van der Waals surface area contributed by atoms with Crippen molar-refractivity contribution in [1.29, 1.82) is 0 Å². The number of aryl methyl sites for hydroxylation is 4. The third-order valence-electron chi connectivity index (χ3n) is 10.4. The predicted molar refractivity (Wildman–Crippen MR) is 243 cm³/mol. The van der Waals surface area contributed by atoms with Gasteiger partial charge in [-0.3, -0.25) is 0 Å². The molecule has 0 bridgehead atoms. The monoisotopic (exact) mass is 850 g/mol. The van der Waals surface area contributed by atoms with Crippen molar-refractivity contribution in [1.82, 2.24) is 4.58 Å². The molecule has 6 aromatic rings. The Morgan fingerprint density at radius 3 is 1.87 bits per heavy atom. The van der Waals surface area contributed by atoms with E-state index in [-0.39, 0.29) is 22.0 Å². The fourth-order valence-corrected chi connectivity index (χ4v) is 10.4. The van der Waals surface area contributed by atoms with E-state index in [1.54, 1.807) is 66.0 Å². The molecule has 0 radical (unpaired) electrons. The van der Waals surface area contributed by atoms with E-state index in [0.29, 0.717) is 39.6 Å². The van der Waals surface area contributed by atoms with E-state index in [4.69, 9.17) is 4.42 Å². The molecule has 2 N–H and O–H groups in total. The molecule has 8 rings (SSSR count). The summed E-state index contributed by atoms with van der Waals surface area (Å²) in [5.74, 6) is 1.92. The summed E-state index contributed by atoms with van der Waals surface area (Å²) in [7, 11) is -4.87. The summed E-state index contributed by atoms with van der Waals surface area (Å²) in [4.78, 5) is 4.05. The maximum atomic E-state index is 12.8. The first-order chi connectivity index (χ1) is 28.9. The fourth-order valence-electron chi connectivity index (χ4n) is 7.95. The average Bonchev–Trinajstić information content (AvgIpc) is 3.21. The summed E-state index contributed by atoms with van der Waals surface area (Å²) in [6.07, 6.45) is 0. The molecule has 8 nitrogen and oxygen atoms in total. The highest BCUT2D eigenvalue weighted by Gasteiger charge is 2.25. The smallest absolute Gasteiger partial charge is 0.212 e. The first-order valence-electron chi connectivity index (χ1n) is 19.3. The molecule has 11 heteroatoms. The maximum absolute atomic E-state index is 12.8. The van der Waals surface area contributed by atoms with Gasteiger partial charge in [-0.05, 0) is 112 Å². The second-order valence-corrected chi connectivity index (χ2v) is 18.1. The van der Waals surface area contributed by atoms with Crippen LogP contribution in [0.1, 0.15) is 22.3 Å². The molecule has 0 amide bonds. The van der Waals surface area contributed by atoms with Crippen LogP contribution in [0.4, 0.5) is 17.1 Å². The topological polar surface area (TPSA) is 117 Å². The third-order valence-corrected chi connectivity index (χ3v) is 13.3. The summed E-state index contributed by atoms with van der Waals surface area (Å²) in [6.45, 7) is 7.89. The number of rotatable bonds is 11. The van der Waals surface area contributed by atoms with Crippen LogP contribution in [0, 0.1) is 27.7 Å². The molecule has 60 heavy (non-hydrogen) atoms. The Morgan fingerprint density at radius 2 is 1.23 bits per heavy atom. The van der Waals surface area contributed by atoms with Crippen molar-refractivity contribution in [2.45, 2.75) is 42.4 Å². The van der Waals surface area contributed by atoms with Crippen molar-refractivity contribution in [3.05, 3.63) is 173 Å². The summed E-state index contributed by atoms with van der Waals surface area (Å²) < 4.78 is 47.5. The molecule has 1 heterocycles. The van der Waals surface area contributed by atoms with E-state index in [1.807, 2.05) is 100 Å². The van der Waals surface area contributed by atoms with Crippen LogP contribution in [0.15, 0.2) is 165 Å². The molecule has 0 aromatic heterocycles. The Kier molecular flexibility index (Phi) is 11.5. The van der Waals surface area contributed by atoms with Crippen molar-refractivity contribution in [3.63, 3.8) is 0 Å². The van der Waals surface area contributed by atoms with E-state index in [1.165, 1.54) is 6.07 Å². The minimum Gasteiger partial charge on any atom is -0.744 e. The highest BCUT2D eigenvalue weighted by Crippen LogP contribution is 2.45. The first-order valence-corrected chi connectivity index (χ1v) is 22.6. The van der Waals surface area contributed by atoms with Gasteiger partial charge in [0.25, 0.3) is 0 Å². The fraction of sp³-hybridized carbons (Fsp3) is 0.122. The van der Waals surface area contributed by atoms with Gasteiger partial charge in [0.2, 0.25) is 11.0 Å². The SMILES string of the molecule is Cc1cc(O)cc(C)c1N(CSc1ccccc1)c1ccc2c(-c3ccccc3S(=O)(=O)[O-])c3cc/c(=[N+](/CSc4ccccc4)c4c(C)cc(O)cc4C)cc-3oc2c1. The summed E-state index contributed by atoms with van der Waals surface area (Å²) in [5.41, 5.74) is 8.22. The van der Waals surface area contributed by atoms with Gasteiger partial charge >= 0.3 is 0 Å². The van der Waals surface area contributed by atoms with Crippen LogP contribution < -0.4 is 14.8 Å². The van der Waals surface area contributed by atoms with Gasteiger partial charge in [0.05, 0.1) is 16.8 Å². The zero-order chi connectivity index (χ0) is 42.1. The minimum atomic E-state index is -4.87. The number of nitrogens with zero attached hydrogens (tertiary/aromatic N) is 2. The van der Waals surface area contributed by atoms with Crippen molar-refractivity contribution >= 4 is 61.7 Å². The molecule has 302 valence electrons. The van der Waals surface area contributed by atoms with E-state index in [0.717, 1.165) is 54.5 Å². The van der Waals surface area contributed by atoms with Crippen LogP contribution in [-0.4, -0.2) is 34.9 Å². The van der Waals surface area contributed by atoms with Gasteiger partial charge in [-0.25, -0.2) is 8.42 Å². The largest absolute Gasteiger partial charge is 0.744 e. The molecular weight excluding hydrogens is 809 g/mol. The number of hydrogen-bond acceptors (Lipinski definition) is 9. The lowest BCUT2D eigenvalue weighted by Crippen LogP contribution is -2.26. The number of aromatic hydroxyl groups is 2. The first kappa shape index (κ1) is 40.8. The molecule has 1 aliphatic carbocycles. The Morgan fingerprint density at radius 1 is 0.650 bits per heavy atom. The van der Waals surface area contributed by atoms with Gasteiger partial charge in [-0.2, -0.15) is 4.58 Å². The van der Waals surface area contributed by atoms with Crippen LogP contribution >= 0.6 is 23.5 Å². The highest BCUT2D eigenvalue weighted by atomic mass is 32.2. The lowest BCUT2D eigenvalue weighted by molar-refractivity contribution is 0.463. The number of phenols is 2.